The molecule has 1 N–H and O–H groups in total. The fraction of sp³-hybridized carbons (Fsp3) is 0.500. The number of rotatable bonds is 3. The highest BCUT2D eigenvalue weighted by atomic mass is 32.2. The molecule has 0 amide bonds. The van der Waals surface area contributed by atoms with Gasteiger partial charge < -0.3 is 5.32 Å². The molecule has 2 aromatic rings. The molecule has 0 saturated heterocycles. The first-order chi connectivity index (χ1) is 8.86. The van der Waals surface area contributed by atoms with E-state index in [-0.39, 0.29) is 0 Å². The first-order valence-electron chi connectivity index (χ1n) is 6.48. The number of fused-ring (bicyclic) bond motifs is 1. The quantitative estimate of drug-likeness (QED) is 0.901. The van der Waals surface area contributed by atoms with Crippen LogP contribution in [0.4, 0.5) is 5.82 Å². The monoisotopic (exact) mass is 278 g/mol. The number of nitrogens with zero attached hydrogens (tertiary/aromatic N) is 1. The van der Waals surface area contributed by atoms with Gasteiger partial charge in [-0.2, -0.15) is 11.8 Å². The second kappa shape index (κ2) is 5.49. The minimum absolute atomic E-state index is 0.603. The van der Waals surface area contributed by atoms with Crippen LogP contribution in [-0.2, 0) is 0 Å². The van der Waals surface area contributed by atoms with Crippen LogP contribution in [-0.4, -0.2) is 22.5 Å². The third kappa shape index (κ3) is 2.50. The normalized spacial score (nSPS) is 24.3. The van der Waals surface area contributed by atoms with Gasteiger partial charge in [-0.15, -0.1) is 11.3 Å². The molecular formula is C14H18N2S2. The smallest absolute Gasteiger partial charge is 0.134 e. The zero-order valence-corrected chi connectivity index (χ0v) is 12.2. The fourth-order valence-corrected chi connectivity index (χ4v) is 4.17. The summed E-state index contributed by atoms with van der Waals surface area (Å²) in [6.45, 7) is 0. The van der Waals surface area contributed by atoms with E-state index in [9.17, 15) is 0 Å². The van der Waals surface area contributed by atoms with Gasteiger partial charge in [0, 0.05) is 27.6 Å². The topological polar surface area (TPSA) is 24.9 Å². The number of nitrogens with one attached hydrogen (secondary N) is 1. The molecule has 0 radical (unpaired) electrons. The van der Waals surface area contributed by atoms with Gasteiger partial charge in [0.15, 0.2) is 0 Å². The van der Waals surface area contributed by atoms with Crippen molar-refractivity contribution in [3.63, 3.8) is 0 Å². The van der Waals surface area contributed by atoms with E-state index in [1.807, 2.05) is 18.0 Å². The Morgan fingerprint density at radius 1 is 1.28 bits per heavy atom. The number of hydrogen-bond donors (Lipinski definition) is 1. The molecule has 2 nitrogen and oxygen atoms in total. The van der Waals surface area contributed by atoms with Crippen molar-refractivity contribution in [2.45, 2.75) is 37.0 Å². The van der Waals surface area contributed by atoms with Crippen LogP contribution in [0.5, 0.6) is 0 Å². The van der Waals surface area contributed by atoms with Crippen molar-refractivity contribution >= 4 is 39.0 Å². The molecule has 0 unspecified atom stereocenters. The molecular weight excluding hydrogens is 260 g/mol. The largest absolute Gasteiger partial charge is 0.367 e. The lowest BCUT2D eigenvalue weighted by Crippen LogP contribution is -2.27. The summed E-state index contributed by atoms with van der Waals surface area (Å²) in [5.74, 6) is 1.07. The van der Waals surface area contributed by atoms with Gasteiger partial charge in [0.05, 0.1) is 0 Å². The summed E-state index contributed by atoms with van der Waals surface area (Å²) in [4.78, 5) is 4.50. The summed E-state index contributed by atoms with van der Waals surface area (Å²) in [6, 6.07) is 4.87. The second-order valence-electron chi connectivity index (χ2n) is 4.85. The molecule has 18 heavy (non-hydrogen) atoms. The predicted molar refractivity (Wildman–Crippen MR) is 82.8 cm³/mol. The van der Waals surface area contributed by atoms with E-state index in [1.165, 1.54) is 35.8 Å². The molecule has 1 saturated carbocycles. The molecule has 0 atom stereocenters. The fourth-order valence-electron chi connectivity index (χ4n) is 2.65. The van der Waals surface area contributed by atoms with E-state index in [4.69, 9.17) is 0 Å². The second-order valence-corrected chi connectivity index (χ2v) is 6.93. The van der Waals surface area contributed by atoms with Crippen LogP contribution in [0.1, 0.15) is 25.7 Å². The van der Waals surface area contributed by atoms with E-state index < -0.39 is 0 Å². The lowest BCUT2D eigenvalue weighted by molar-refractivity contribution is 0.472. The van der Waals surface area contributed by atoms with Crippen LogP contribution < -0.4 is 5.32 Å². The van der Waals surface area contributed by atoms with Gasteiger partial charge in [0.25, 0.3) is 0 Å². The summed E-state index contributed by atoms with van der Waals surface area (Å²) >= 11 is 3.80. The maximum Gasteiger partial charge on any atom is 0.134 e. The maximum absolute atomic E-state index is 4.50. The number of aromatic nitrogens is 1. The van der Waals surface area contributed by atoms with Crippen LogP contribution in [0, 0.1) is 0 Å². The standard InChI is InChI=1S/C14H18N2S2/c1-17-11-4-2-10(3-5-11)16-14-12-7-9-18-13(12)6-8-15-14/h6-11H,2-5H2,1H3,(H,15,16). The number of pyridine rings is 1. The minimum Gasteiger partial charge on any atom is -0.367 e. The van der Waals surface area contributed by atoms with Crippen LogP contribution >= 0.6 is 23.1 Å². The lowest BCUT2D eigenvalue weighted by atomic mass is 9.95. The van der Waals surface area contributed by atoms with Crippen molar-refractivity contribution in [3.05, 3.63) is 23.7 Å². The predicted octanol–water partition coefficient (Wildman–Crippen LogP) is 4.38. The Kier molecular flexibility index (Phi) is 3.75. The minimum atomic E-state index is 0.603. The molecule has 0 bridgehead atoms. The lowest BCUT2D eigenvalue weighted by Gasteiger charge is -2.28. The highest BCUT2D eigenvalue weighted by molar-refractivity contribution is 7.99. The Bertz CT molecular complexity index is 515. The average Bonchev–Trinajstić information content (AvgIpc) is 2.89. The van der Waals surface area contributed by atoms with Crippen LogP contribution in [0.25, 0.3) is 10.1 Å². The first kappa shape index (κ1) is 12.3. The van der Waals surface area contributed by atoms with Crippen LogP contribution in [0.3, 0.4) is 0 Å². The molecule has 96 valence electrons. The average molecular weight is 278 g/mol. The molecule has 4 heteroatoms. The van der Waals surface area contributed by atoms with E-state index in [1.54, 1.807) is 11.3 Å². The number of anilines is 1. The van der Waals surface area contributed by atoms with Crippen molar-refractivity contribution in [1.29, 1.82) is 0 Å². The van der Waals surface area contributed by atoms with Gasteiger partial charge in [0.2, 0.25) is 0 Å². The first-order valence-corrected chi connectivity index (χ1v) is 8.65. The Morgan fingerprint density at radius 2 is 2.11 bits per heavy atom. The highest BCUT2D eigenvalue weighted by Gasteiger charge is 2.20. The maximum atomic E-state index is 4.50. The summed E-state index contributed by atoms with van der Waals surface area (Å²) < 4.78 is 1.32. The number of thiophene rings is 1. The van der Waals surface area contributed by atoms with Gasteiger partial charge in [-0.1, -0.05) is 0 Å². The Balaban J connectivity index is 1.71. The zero-order chi connectivity index (χ0) is 12.4. The molecule has 0 aliphatic heterocycles. The summed E-state index contributed by atoms with van der Waals surface area (Å²) in [5, 5.41) is 7.92. The molecule has 1 aliphatic rings. The van der Waals surface area contributed by atoms with Crippen molar-refractivity contribution in [1.82, 2.24) is 4.98 Å². The third-order valence-corrected chi connectivity index (χ3v) is 5.75. The molecule has 1 fully saturated rings. The Labute approximate surface area is 116 Å². The summed E-state index contributed by atoms with van der Waals surface area (Å²) in [7, 11) is 0. The molecule has 2 aromatic heterocycles. The van der Waals surface area contributed by atoms with Gasteiger partial charge in [-0.05, 0) is 49.5 Å². The summed E-state index contributed by atoms with van der Waals surface area (Å²) in [5.41, 5.74) is 0. The van der Waals surface area contributed by atoms with E-state index in [2.05, 4.69) is 34.1 Å². The molecule has 3 rings (SSSR count). The van der Waals surface area contributed by atoms with Crippen LogP contribution in [0.15, 0.2) is 23.7 Å². The third-order valence-electron chi connectivity index (χ3n) is 3.73. The van der Waals surface area contributed by atoms with Gasteiger partial charge in [-0.3, -0.25) is 0 Å². The Hall–Kier alpha value is -0.740. The SMILES string of the molecule is CSC1CCC(Nc2nccc3sccc23)CC1. The molecule has 2 heterocycles. The van der Waals surface area contributed by atoms with Gasteiger partial charge in [-0.25, -0.2) is 4.98 Å². The van der Waals surface area contributed by atoms with Crippen molar-refractivity contribution in [2.24, 2.45) is 0 Å². The zero-order valence-electron chi connectivity index (χ0n) is 10.6. The van der Waals surface area contributed by atoms with Crippen molar-refractivity contribution < 1.29 is 0 Å². The van der Waals surface area contributed by atoms with E-state index >= 15 is 0 Å². The number of thioether (sulfide) groups is 1. The molecule has 0 spiro atoms. The highest BCUT2D eigenvalue weighted by Crippen LogP contribution is 2.31. The van der Waals surface area contributed by atoms with E-state index in [0.717, 1.165) is 11.1 Å². The van der Waals surface area contributed by atoms with E-state index in [0.29, 0.717) is 6.04 Å². The summed E-state index contributed by atoms with van der Waals surface area (Å²) in [6.07, 6.45) is 9.35. The molecule has 1 aliphatic carbocycles. The molecule has 0 aromatic carbocycles. The van der Waals surface area contributed by atoms with Gasteiger partial charge >= 0.3 is 0 Å². The van der Waals surface area contributed by atoms with Crippen molar-refractivity contribution in [2.75, 3.05) is 11.6 Å². The Morgan fingerprint density at radius 3 is 2.89 bits per heavy atom. The van der Waals surface area contributed by atoms with Crippen molar-refractivity contribution in [3.8, 4) is 0 Å². The van der Waals surface area contributed by atoms with Gasteiger partial charge in [0.1, 0.15) is 5.82 Å². The number of hydrogen-bond acceptors (Lipinski definition) is 4. The van der Waals surface area contributed by atoms with Crippen LogP contribution in [0.2, 0.25) is 0 Å².